The minimum absolute atomic E-state index is 0.0634. The first-order valence-corrected chi connectivity index (χ1v) is 7.57. The number of hydrogen-bond acceptors (Lipinski definition) is 3. The molecule has 0 aliphatic rings. The van der Waals surface area contributed by atoms with E-state index in [2.05, 4.69) is 5.32 Å². The van der Waals surface area contributed by atoms with E-state index in [-0.39, 0.29) is 12.3 Å². The number of aliphatic carboxylic acids is 1. The van der Waals surface area contributed by atoms with Crippen LogP contribution in [0.25, 0.3) is 0 Å². The molecule has 2 rings (SSSR count). The van der Waals surface area contributed by atoms with Crippen molar-refractivity contribution < 1.29 is 14.7 Å². The Morgan fingerprint density at radius 3 is 2.48 bits per heavy atom. The molecule has 0 heterocycles. The van der Waals surface area contributed by atoms with Gasteiger partial charge in [0.25, 0.3) is 5.91 Å². The molecule has 0 aliphatic heterocycles. The molecule has 0 fully saturated rings. The predicted octanol–water partition coefficient (Wildman–Crippen LogP) is 3.29. The van der Waals surface area contributed by atoms with Crippen LogP contribution >= 0.6 is 11.8 Å². The van der Waals surface area contributed by atoms with Gasteiger partial charge in [-0.15, -0.1) is 11.8 Å². The second kappa shape index (κ2) is 6.95. The first kappa shape index (κ1) is 15.1. The summed E-state index contributed by atoms with van der Waals surface area (Å²) < 4.78 is 0. The third-order valence-corrected chi connectivity index (χ3v) is 3.64. The fraction of sp³-hybridized carbons (Fsp3) is 0.125. The molecule has 5 heteroatoms. The molecule has 0 atom stereocenters. The highest BCUT2D eigenvalue weighted by Crippen LogP contribution is 2.17. The highest BCUT2D eigenvalue weighted by atomic mass is 32.2. The molecular weight excluding hydrogens is 286 g/mol. The number of amides is 1. The lowest BCUT2D eigenvalue weighted by Crippen LogP contribution is -2.12. The second-order valence-electron chi connectivity index (χ2n) is 4.45. The van der Waals surface area contributed by atoms with Gasteiger partial charge in [0.05, 0.1) is 6.42 Å². The number of anilines is 1. The first-order chi connectivity index (χ1) is 10.1. The lowest BCUT2D eigenvalue weighted by atomic mass is 10.1. The Bertz CT molecular complexity index is 653. The molecule has 0 aromatic heterocycles. The maximum atomic E-state index is 12.1. The minimum atomic E-state index is -0.897. The van der Waals surface area contributed by atoms with Gasteiger partial charge in [-0.3, -0.25) is 9.59 Å². The van der Waals surface area contributed by atoms with Crippen LogP contribution in [0, 0.1) is 0 Å². The summed E-state index contributed by atoms with van der Waals surface area (Å²) in [5, 5.41) is 11.5. The van der Waals surface area contributed by atoms with Gasteiger partial charge in [-0.05, 0) is 48.2 Å². The normalized spacial score (nSPS) is 10.1. The van der Waals surface area contributed by atoms with Gasteiger partial charge in [-0.2, -0.15) is 0 Å². The van der Waals surface area contributed by atoms with Crippen LogP contribution < -0.4 is 5.32 Å². The Morgan fingerprint density at radius 2 is 1.86 bits per heavy atom. The smallest absolute Gasteiger partial charge is 0.307 e. The lowest BCUT2D eigenvalue weighted by Gasteiger charge is -2.07. The van der Waals surface area contributed by atoms with E-state index in [0.717, 1.165) is 4.90 Å². The highest BCUT2D eigenvalue weighted by molar-refractivity contribution is 7.98. The fourth-order valence-electron chi connectivity index (χ4n) is 1.88. The molecule has 4 nitrogen and oxygen atoms in total. The third-order valence-electron chi connectivity index (χ3n) is 2.89. The monoisotopic (exact) mass is 301 g/mol. The number of benzene rings is 2. The van der Waals surface area contributed by atoms with Gasteiger partial charge in [-0.25, -0.2) is 0 Å². The zero-order chi connectivity index (χ0) is 15.2. The van der Waals surface area contributed by atoms with E-state index < -0.39 is 5.97 Å². The SMILES string of the molecule is CSc1ccc(C(=O)Nc2cccc(CC(=O)O)c2)cc1. The summed E-state index contributed by atoms with van der Waals surface area (Å²) in [6, 6.07) is 14.2. The van der Waals surface area contributed by atoms with Crippen LogP contribution in [0.2, 0.25) is 0 Å². The Hall–Kier alpha value is -2.27. The largest absolute Gasteiger partial charge is 0.481 e. The maximum Gasteiger partial charge on any atom is 0.307 e. The predicted molar refractivity (Wildman–Crippen MR) is 84.0 cm³/mol. The van der Waals surface area contributed by atoms with Gasteiger partial charge >= 0.3 is 5.97 Å². The molecule has 0 bridgehead atoms. The Morgan fingerprint density at radius 1 is 1.14 bits per heavy atom. The van der Waals surface area contributed by atoms with Crippen LogP contribution in [0.15, 0.2) is 53.4 Å². The van der Waals surface area contributed by atoms with E-state index >= 15 is 0 Å². The number of carbonyl (C=O) groups excluding carboxylic acids is 1. The summed E-state index contributed by atoms with van der Waals surface area (Å²) in [5.74, 6) is -1.11. The van der Waals surface area contributed by atoms with E-state index in [0.29, 0.717) is 16.8 Å². The van der Waals surface area contributed by atoms with Crippen LogP contribution in [0.3, 0.4) is 0 Å². The zero-order valence-corrected chi connectivity index (χ0v) is 12.3. The van der Waals surface area contributed by atoms with Crippen molar-refractivity contribution in [2.24, 2.45) is 0 Å². The van der Waals surface area contributed by atoms with Gasteiger partial charge in [0, 0.05) is 16.1 Å². The van der Waals surface area contributed by atoms with E-state index in [4.69, 9.17) is 5.11 Å². The highest BCUT2D eigenvalue weighted by Gasteiger charge is 2.07. The second-order valence-corrected chi connectivity index (χ2v) is 5.33. The van der Waals surface area contributed by atoms with Crippen molar-refractivity contribution in [3.63, 3.8) is 0 Å². The van der Waals surface area contributed by atoms with Crippen molar-refractivity contribution in [1.82, 2.24) is 0 Å². The lowest BCUT2D eigenvalue weighted by molar-refractivity contribution is -0.136. The van der Waals surface area contributed by atoms with E-state index in [1.165, 1.54) is 0 Å². The molecule has 21 heavy (non-hydrogen) atoms. The maximum absolute atomic E-state index is 12.1. The minimum Gasteiger partial charge on any atom is -0.481 e. The molecule has 108 valence electrons. The molecule has 0 aliphatic carbocycles. The molecule has 0 unspecified atom stereocenters. The zero-order valence-electron chi connectivity index (χ0n) is 11.5. The van der Waals surface area contributed by atoms with Crippen molar-refractivity contribution in [2.75, 3.05) is 11.6 Å². The number of carbonyl (C=O) groups is 2. The van der Waals surface area contributed by atoms with Crippen LogP contribution in [-0.4, -0.2) is 23.2 Å². The van der Waals surface area contributed by atoms with E-state index in [9.17, 15) is 9.59 Å². The molecule has 2 aromatic carbocycles. The van der Waals surface area contributed by atoms with Crippen LogP contribution in [-0.2, 0) is 11.2 Å². The first-order valence-electron chi connectivity index (χ1n) is 6.34. The number of hydrogen-bond donors (Lipinski definition) is 2. The van der Waals surface area contributed by atoms with Crippen molar-refractivity contribution >= 4 is 29.3 Å². The number of nitrogens with one attached hydrogen (secondary N) is 1. The van der Waals surface area contributed by atoms with E-state index in [1.54, 1.807) is 48.2 Å². The number of thioether (sulfide) groups is 1. The average Bonchev–Trinajstić information content (AvgIpc) is 2.47. The van der Waals surface area contributed by atoms with Crippen molar-refractivity contribution in [3.05, 3.63) is 59.7 Å². The summed E-state index contributed by atoms with van der Waals surface area (Å²) in [4.78, 5) is 23.9. The molecule has 2 aromatic rings. The summed E-state index contributed by atoms with van der Waals surface area (Å²) in [7, 11) is 0. The summed E-state index contributed by atoms with van der Waals surface area (Å²) in [6.45, 7) is 0. The number of carboxylic acids is 1. The van der Waals surface area contributed by atoms with Crippen LogP contribution in [0.4, 0.5) is 5.69 Å². The average molecular weight is 301 g/mol. The van der Waals surface area contributed by atoms with Crippen molar-refractivity contribution in [1.29, 1.82) is 0 Å². The van der Waals surface area contributed by atoms with Gasteiger partial charge in [0.1, 0.15) is 0 Å². The molecule has 1 amide bonds. The van der Waals surface area contributed by atoms with Crippen molar-refractivity contribution in [3.8, 4) is 0 Å². The van der Waals surface area contributed by atoms with Gasteiger partial charge in [0.2, 0.25) is 0 Å². The van der Waals surface area contributed by atoms with Crippen LogP contribution in [0.5, 0.6) is 0 Å². The molecule has 2 N–H and O–H groups in total. The quantitative estimate of drug-likeness (QED) is 0.832. The number of rotatable bonds is 5. The molecule has 0 saturated heterocycles. The topological polar surface area (TPSA) is 66.4 Å². The van der Waals surface area contributed by atoms with Gasteiger partial charge < -0.3 is 10.4 Å². The Kier molecular flexibility index (Phi) is 5.00. The van der Waals surface area contributed by atoms with Gasteiger partial charge in [-0.1, -0.05) is 12.1 Å². The Labute approximate surface area is 127 Å². The van der Waals surface area contributed by atoms with Crippen molar-refractivity contribution in [2.45, 2.75) is 11.3 Å². The summed E-state index contributed by atoms with van der Waals surface area (Å²) >= 11 is 1.61. The fourth-order valence-corrected chi connectivity index (χ4v) is 2.29. The van der Waals surface area contributed by atoms with E-state index in [1.807, 2.05) is 18.4 Å². The molecule has 0 spiro atoms. The number of carboxylic acid groups (broad SMARTS) is 1. The van der Waals surface area contributed by atoms with Crippen LogP contribution in [0.1, 0.15) is 15.9 Å². The Balaban J connectivity index is 2.09. The summed E-state index contributed by atoms with van der Waals surface area (Å²) in [6.07, 6.45) is 1.91. The molecule has 0 saturated carbocycles. The standard InChI is InChI=1S/C16H15NO3S/c1-21-14-7-5-12(6-8-14)16(20)17-13-4-2-3-11(9-13)10-15(18)19/h2-9H,10H2,1H3,(H,17,20)(H,18,19). The molecular formula is C16H15NO3S. The third kappa shape index (κ3) is 4.36. The van der Waals surface area contributed by atoms with Gasteiger partial charge in [0.15, 0.2) is 0 Å². The summed E-state index contributed by atoms with van der Waals surface area (Å²) in [5.41, 5.74) is 1.81. The molecule has 0 radical (unpaired) electrons.